The van der Waals surface area contributed by atoms with Gasteiger partial charge in [-0.25, -0.2) is 0 Å². The van der Waals surface area contributed by atoms with Crippen LogP contribution in [-0.2, 0) is 27.4 Å². The summed E-state index contributed by atoms with van der Waals surface area (Å²) in [6, 6.07) is 8.08. The summed E-state index contributed by atoms with van der Waals surface area (Å²) in [6.07, 6.45) is 3.58. The normalized spacial score (nSPS) is 28.5. The first kappa shape index (κ1) is 20.0. The molecule has 2 amide bonds. The van der Waals surface area contributed by atoms with Crippen LogP contribution in [0.2, 0.25) is 0 Å². The van der Waals surface area contributed by atoms with E-state index in [-0.39, 0.29) is 17.9 Å². The van der Waals surface area contributed by atoms with Crippen molar-refractivity contribution >= 4 is 11.8 Å². The number of hydrogen-bond donors (Lipinski definition) is 0. The number of likely N-dealkylation sites (tertiary alicyclic amines) is 1. The number of aromatic nitrogens is 1. The largest absolute Gasteiger partial charge is 0.361 e. The molecule has 2 bridgehead atoms. The zero-order valence-corrected chi connectivity index (χ0v) is 18.3. The number of carbonyl (C=O) groups is 2. The predicted octanol–water partition coefficient (Wildman–Crippen LogP) is 2.54. The first-order valence-electron chi connectivity index (χ1n) is 10.7. The fraction of sp³-hybridized carbons (Fsp3) is 0.458. The van der Waals surface area contributed by atoms with Crippen LogP contribution in [0.25, 0.3) is 0 Å². The quantitative estimate of drug-likeness (QED) is 0.694. The highest BCUT2D eigenvalue weighted by Gasteiger charge is 2.67. The van der Waals surface area contributed by atoms with Crippen LogP contribution in [-0.4, -0.2) is 52.1 Å². The van der Waals surface area contributed by atoms with Crippen LogP contribution < -0.4 is 0 Å². The van der Waals surface area contributed by atoms with Gasteiger partial charge >= 0.3 is 0 Å². The van der Waals surface area contributed by atoms with Crippen LogP contribution in [0.1, 0.15) is 28.1 Å². The number of benzene rings is 1. The minimum atomic E-state index is -0.701. The molecule has 1 spiro atoms. The van der Waals surface area contributed by atoms with Gasteiger partial charge in [-0.15, -0.1) is 0 Å². The zero-order chi connectivity index (χ0) is 21.9. The van der Waals surface area contributed by atoms with Crippen LogP contribution >= 0.6 is 0 Å². The second kappa shape index (κ2) is 7.05. The average Bonchev–Trinajstić information content (AvgIpc) is 3.46. The molecule has 2 saturated heterocycles. The molecule has 4 heterocycles. The Balaban J connectivity index is 1.35. The number of ether oxygens (including phenoxy) is 1. The molecule has 0 saturated carbocycles. The van der Waals surface area contributed by atoms with Crippen molar-refractivity contribution in [3.8, 4) is 0 Å². The highest BCUT2D eigenvalue weighted by molar-refractivity contribution is 5.93. The van der Waals surface area contributed by atoms with Gasteiger partial charge in [-0.2, -0.15) is 0 Å². The Morgan fingerprint density at radius 1 is 1.26 bits per heavy atom. The Bertz CT molecular complexity index is 1090. The lowest BCUT2D eigenvalue weighted by Gasteiger charge is -2.27. The Kier molecular flexibility index (Phi) is 4.55. The summed E-state index contributed by atoms with van der Waals surface area (Å²) < 4.78 is 11.4. The second-order valence-electron chi connectivity index (χ2n) is 9.14. The molecule has 5 rings (SSSR count). The molecular weight excluding hydrogens is 394 g/mol. The van der Waals surface area contributed by atoms with E-state index in [1.807, 2.05) is 30.0 Å². The summed E-state index contributed by atoms with van der Waals surface area (Å²) in [5, 5.41) is 3.98. The summed E-state index contributed by atoms with van der Waals surface area (Å²) in [5.74, 6) is -0.394. The number of aryl methyl sites for hydroxylation is 3. The molecule has 4 atom stereocenters. The lowest BCUT2D eigenvalue weighted by Crippen LogP contribution is -2.44. The number of hydrogen-bond acceptors (Lipinski definition) is 5. The molecule has 1 aromatic carbocycles. The number of rotatable bonds is 5. The van der Waals surface area contributed by atoms with E-state index in [0.717, 1.165) is 5.56 Å². The van der Waals surface area contributed by atoms with Crippen LogP contribution in [0.5, 0.6) is 0 Å². The molecule has 0 unspecified atom stereocenters. The monoisotopic (exact) mass is 421 g/mol. The van der Waals surface area contributed by atoms with Gasteiger partial charge in [-0.3, -0.25) is 9.59 Å². The van der Waals surface area contributed by atoms with E-state index < -0.39 is 17.4 Å². The van der Waals surface area contributed by atoms with Gasteiger partial charge in [0.2, 0.25) is 11.8 Å². The van der Waals surface area contributed by atoms with E-state index in [1.165, 1.54) is 11.1 Å². The number of nitrogens with zero attached hydrogens (tertiary/aromatic N) is 3. The SMILES string of the molecule is Cc1cc(CN(C)C(=O)[C@H]2[C@@H]3C=C[C@@]4(CN(Cc5ccc(C)c(C)c5)C(=O)[C@@H]24)O3)no1. The molecule has 2 aromatic rings. The molecule has 162 valence electrons. The standard InChI is InChI=1S/C24H27N3O4/c1-14-5-6-17(9-15(14)2)11-27-13-24-8-7-19(30-24)20(21(24)23(27)29)22(28)26(4)12-18-10-16(3)31-25-18/h5-10,19-21H,11-13H2,1-4H3/t19-,20-,21+,24-/m0/s1. The van der Waals surface area contributed by atoms with E-state index in [2.05, 4.69) is 37.2 Å². The van der Waals surface area contributed by atoms with Crippen molar-refractivity contribution in [2.24, 2.45) is 11.8 Å². The van der Waals surface area contributed by atoms with Crippen molar-refractivity contribution in [1.29, 1.82) is 0 Å². The molecule has 2 fully saturated rings. The maximum atomic E-state index is 13.4. The summed E-state index contributed by atoms with van der Waals surface area (Å²) in [4.78, 5) is 30.3. The van der Waals surface area contributed by atoms with Gasteiger partial charge in [-0.05, 0) is 37.5 Å². The highest BCUT2D eigenvalue weighted by Crippen LogP contribution is 2.52. The summed E-state index contributed by atoms with van der Waals surface area (Å²) in [5.41, 5.74) is 3.52. The van der Waals surface area contributed by atoms with Crippen molar-refractivity contribution in [2.45, 2.75) is 45.6 Å². The van der Waals surface area contributed by atoms with Gasteiger partial charge in [-0.1, -0.05) is 35.5 Å². The maximum Gasteiger partial charge on any atom is 0.230 e. The lowest BCUT2D eigenvalue weighted by molar-refractivity contribution is -0.143. The molecule has 0 aliphatic carbocycles. The first-order chi connectivity index (χ1) is 14.8. The molecule has 31 heavy (non-hydrogen) atoms. The Labute approximate surface area is 181 Å². The van der Waals surface area contributed by atoms with Crippen molar-refractivity contribution in [3.63, 3.8) is 0 Å². The van der Waals surface area contributed by atoms with Gasteiger partial charge in [0.1, 0.15) is 17.1 Å². The minimum Gasteiger partial charge on any atom is -0.361 e. The van der Waals surface area contributed by atoms with Gasteiger partial charge in [0, 0.05) is 19.7 Å². The molecule has 3 aliphatic heterocycles. The molecule has 0 radical (unpaired) electrons. The Morgan fingerprint density at radius 3 is 2.77 bits per heavy atom. The Hall–Kier alpha value is -2.93. The van der Waals surface area contributed by atoms with Crippen LogP contribution in [0, 0.1) is 32.6 Å². The summed E-state index contributed by atoms with van der Waals surface area (Å²) in [7, 11) is 1.74. The number of fused-ring (bicyclic) bond motifs is 1. The van der Waals surface area contributed by atoms with Crippen LogP contribution in [0.3, 0.4) is 0 Å². The fourth-order valence-electron chi connectivity index (χ4n) is 5.18. The van der Waals surface area contributed by atoms with E-state index in [4.69, 9.17) is 9.26 Å². The smallest absolute Gasteiger partial charge is 0.230 e. The third-order valence-electron chi connectivity index (χ3n) is 6.86. The maximum absolute atomic E-state index is 13.4. The highest BCUT2D eigenvalue weighted by atomic mass is 16.5. The summed E-state index contributed by atoms with van der Waals surface area (Å²) >= 11 is 0. The van der Waals surface area contributed by atoms with Crippen molar-refractivity contribution < 1.29 is 18.8 Å². The zero-order valence-electron chi connectivity index (χ0n) is 18.3. The predicted molar refractivity (Wildman–Crippen MR) is 113 cm³/mol. The minimum absolute atomic E-state index is 0.00545. The van der Waals surface area contributed by atoms with Gasteiger partial charge in [0.25, 0.3) is 0 Å². The van der Waals surface area contributed by atoms with Crippen LogP contribution in [0.4, 0.5) is 0 Å². The Morgan fingerprint density at radius 2 is 2.06 bits per heavy atom. The molecule has 7 nitrogen and oxygen atoms in total. The van der Waals surface area contributed by atoms with Crippen molar-refractivity contribution in [3.05, 3.63) is 64.6 Å². The van der Waals surface area contributed by atoms with Crippen molar-refractivity contribution in [2.75, 3.05) is 13.6 Å². The van der Waals surface area contributed by atoms with E-state index in [0.29, 0.717) is 31.1 Å². The summed E-state index contributed by atoms with van der Waals surface area (Å²) in [6.45, 7) is 7.31. The second-order valence-corrected chi connectivity index (χ2v) is 9.14. The lowest BCUT2D eigenvalue weighted by atomic mass is 9.76. The van der Waals surface area contributed by atoms with E-state index in [1.54, 1.807) is 11.9 Å². The molecule has 7 heteroatoms. The fourth-order valence-corrected chi connectivity index (χ4v) is 5.18. The molecular formula is C24H27N3O4. The van der Waals surface area contributed by atoms with E-state index >= 15 is 0 Å². The van der Waals surface area contributed by atoms with Gasteiger partial charge < -0.3 is 19.1 Å². The first-order valence-corrected chi connectivity index (χ1v) is 10.7. The third kappa shape index (κ3) is 3.19. The molecule has 0 N–H and O–H groups in total. The molecule has 3 aliphatic rings. The van der Waals surface area contributed by atoms with Gasteiger partial charge in [0.15, 0.2) is 0 Å². The molecule has 1 aromatic heterocycles. The van der Waals surface area contributed by atoms with Crippen molar-refractivity contribution in [1.82, 2.24) is 15.0 Å². The average molecular weight is 421 g/mol. The topological polar surface area (TPSA) is 75.9 Å². The van der Waals surface area contributed by atoms with Crippen LogP contribution in [0.15, 0.2) is 40.9 Å². The number of amides is 2. The number of carbonyl (C=O) groups excluding carboxylic acids is 2. The van der Waals surface area contributed by atoms with Gasteiger partial charge in [0.05, 0.1) is 31.0 Å². The van der Waals surface area contributed by atoms with E-state index in [9.17, 15) is 9.59 Å². The third-order valence-corrected chi connectivity index (χ3v) is 6.86.